The van der Waals surface area contributed by atoms with E-state index < -0.39 is 23.0 Å². The minimum Gasteiger partial charge on any atom is -0.493 e. The standard InChI is InChI=1S/C34H30ClN3O7S/c1-20(31(39)37-24-12-15-27(35)26(19-24)34(42)43)46-25-13-10-23(11-14-25)36-33(41)28(38-32(40)22-7-5-4-6-8-22)17-21-9-16-29(44-2)30(18-21)45-3/h4-20H,1-3H3,(H,36,41)(H,37,39)(H,38,40)(H,42,43)/b28-17-. The summed E-state index contributed by atoms with van der Waals surface area (Å²) in [5.41, 5.74) is 1.63. The highest BCUT2D eigenvalue weighted by Crippen LogP contribution is 2.29. The number of aromatic carboxylic acids is 1. The molecule has 0 aliphatic heterocycles. The number of carboxylic acid groups (broad SMARTS) is 1. The molecular formula is C34H30ClN3O7S. The molecule has 3 amide bonds. The highest BCUT2D eigenvalue weighted by molar-refractivity contribution is 8.00. The number of nitrogens with one attached hydrogen (secondary N) is 3. The van der Waals surface area contributed by atoms with Crippen LogP contribution in [0.4, 0.5) is 11.4 Å². The van der Waals surface area contributed by atoms with Gasteiger partial charge in [0, 0.05) is 21.8 Å². The summed E-state index contributed by atoms with van der Waals surface area (Å²) >= 11 is 7.19. The Morgan fingerprint density at radius 2 is 1.50 bits per heavy atom. The third kappa shape index (κ3) is 8.90. The fourth-order valence-electron chi connectivity index (χ4n) is 4.14. The number of methoxy groups -OCH3 is 2. The first-order valence-electron chi connectivity index (χ1n) is 13.8. The van der Waals surface area contributed by atoms with Gasteiger partial charge in [-0.3, -0.25) is 14.4 Å². The number of carboxylic acids is 1. The molecule has 4 N–H and O–H groups in total. The molecule has 0 aromatic heterocycles. The molecule has 1 atom stereocenters. The Balaban J connectivity index is 1.46. The first kappa shape index (κ1) is 33.6. The van der Waals surface area contributed by atoms with Crippen LogP contribution in [0.3, 0.4) is 0 Å². The predicted molar refractivity (Wildman–Crippen MR) is 179 cm³/mol. The van der Waals surface area contributed by atoms with E-state index in [0.717, 1.165) is 4.90 Å². The minimum absolute atomic E-state index is 0.00178. The molecule has 10 nitrogen and oxygen atoms in total. The maximum atomic E-state index is 13.4. The quantitative estimate of drug-likeness (QED) is 0.0986. The van der Waals surface area contributed by atoms with E-state index >= 15 is 0 Å². The molecule has 236 valence electrons. The van der Waals surface area contributed by atoms with Gasteiger partial charge in [-0.2, -0.15) is 0 Å². The number of carbonyl (C=O) groups excluding carboxylic acids is 3. The van der Waals surface area contributed by atoms with E-state index in [1.807, 2.05) is 0 Å². The highest BCUT2D eigenvalue weighted by Gasteiger charge is 2.18. The average molecular weight is 660 g/mol. The van der Waals surface area contributed by atoms with Gasteiger partial charge in [-0.25, -0.2) is 4.79 Å². The summed E-state index contributed by atoms with van der Waals surface area (Å²) < 4.78 is 10.7. The SMILES string of the molecule is COc1ccc(/C=C(\NC(=O)c2ccccc2)C(=O)Nc2ccc(SC(C)C(=O)Nc3ccc(Cl)c(C(=O)O)c3)cc2)cc1OC. The van der Waals surface area contributed by atoms with Crippen LogP contribution in [0.5, 0.6) is 11.5 Å². The van der Waals surface area contributed by atoms with Crippen molar-refractivity contribution in [2.24, 2.45) is 0 Å². The molecule has 0 aliphatic carbocycles. The Morgan fingerprint density at radius 3 is 2.15 bits per heavy atom. The molecule has 0 fully saturated rings. The van der Waals surface area contributed by atoms with Gasteiger partial charge in [0.2, 0.25) is 5.91 Å². The summed E-state index contributed by atoms with van der Waals surface area (Å²) in [4.78, 5) is 51.2. The number of benzene rings is 4. The van der Waals surface area contributed by atoms with Crippen LogP contribution in [0.1, 0.15) is 33.2 Å². The number of thioether (sulfide) groups is 1. The van der Waals surface area contributed by atoms with E-state index in [1.54, 1.807) is 79.7 Å². The number of anilines is 2. The molecule has 12 heteroatoms. The van der Waals surface area contributed by atoms with Gasteiger partial charge in [0.25, 0.3) is 11.8 Å². The lowest BCUT2D eigenvalue weighted by atomic mass is 10.1. The molecule has 1 unspecified atom stereocenters. The fraction of sp³-hybridized carbons (Fsp3) is 0.118. The number of ether oxygens (including phenoxy) is 2. The van der Waals surface area contributed by atoms with Crippen molar-refractivity contribution in [3.63, 3.8) is 0 Å². The first-order valence-corrected chi connectivity index (χ1v) is 15.1. The van der Waals surface area contributed by atoms with Crippen LogP contribution < -0.4 is 25.4 Å². The van der Waals surface area contributed by atoms with E-state index in [9.17, 15) is 24.3 Å². The number of carbonyl (C=O) groups is 4. The van der Waals surface area contributed by atoms with Gasteiger partial charge in [0.05, 0.1) is 30.1 Å². The zero-order valence-electron chi connectivity index (χ0n) is 25.0. The smallest absolute Gasteiger partial charge is 0.337 e. The Morgan fingerprint density at radius 1 is 0.826 bits per heavy atom. The summed E-state index contributed by atoms with van der Waals surface area (Å²) in [5, 5.41) is 17.0. The van der Waals surface area contributed by atoms with Gasteiger partial charge in [0.1, 0.15) is 5.70 Å². The van der Waals surface area contributed by atoms with Gasteiger partial charge in [0.15, 0.2) is 11.5 Å². The number of amides is 3. The van der Waals surface area contributed by atoms with E-state index in [4.69, 9.17) is 21.1 Å². The molecule has 4 aromatic carbocycles. The van der Waals surface area contributed by atoms with Crippen LogP contribution in [0.2, 0.25) is 5.02 Å². The molecular weight excluding hydrogens is 630 g/mol. The van der Waals surface area contributed by atoms with Crippen molar-refractivity contribution >= 4 is 64.5 Å². The number of hydrogen-bond acceptors (Lipinski definition) is 7. The van der Waals surface area contributed by atoms with Gasteiger partial charge >= 0.3 is 5.97 Å². The summed E-state index contributed by atoms with van der Waals surface area (Å²) in [5.74, 6) is -1.58. The van der Waals surface area contributed by atoms with E-state index in [0.29, 0.717) is 34.0 Å². The predicted octanol–water partition coefficient (Wildman–Crippen LogP) is 6.58. The zero-order valence-corrected chi connectivity index (χ0v) is 26.6. The Hall–Kier alpha value is -5.26. The molecule has 0 saturated heterocycles. The topological polar surface area (TPSA) is 143 Å². The maximum absolute atomic E-state index is 13.4. The van der Waals surface area contributed by atoms with Crippen LogP contribution in [-0.4, -0.2) is 48.3 Å². The maximum Gasteiger partial charge on any atom is 0.337 e. The first-order chi connectivity index (χ1) is 22.1. The number of halogens is 1. The summed E-state index contributed by atoms with van der Waals surface area (Å²) in [6, 6.07) is 24.7. The second-order valence-corrected chi connectivity index (χ2v) is 11.5. The van der Waals surface area contributed by atoms with Crippen LogP contribution in [-0.2, 0) is 9.59 Å². The van der Waals surface area contributed by atoms with Crippen molar-refractivity contribution in [2.45, 2.75) is 17.1 Å². The number of rotatable bonds is 12. The van der Waals surface area contributed by atoms with E-state index in [2.05, 4.69) is 16.0 Å². The molecule has 0 bridgehead atoms. The Bertz CT molecular complexity index is 1780. The van der Waals surface area contributed by atoms with Gasteiger partial charge in [-0.1, -0.05) is 35.9 Å². The van der Waals surface area contributed by atoms with Crippen molar-refractivity contribution in [3.05, 3.63) is 118 Å². The van der Waals surface area contributed by atoms with Gasteiger partial charge in [-0.15, -0.1) is 11.8 Å². The molecule has 0 spiro atoms. The second kappa shape index (κ2) is 15.6. The van der Waals surface area contributed by atoms with Crippen molar-refractivity contribution in [1.29, 1.82) is 0 Å². The van der Waals surface area contributed by atoms with E-state index in [1.165, 1.54) is 50.3 Å². The molecule has 0 radical (unpaired) electrons. The molecule has 4 aromatic rings. The monoisotopic (exact) mass is 659 g/mol. The third-order valence-electron chi connectivity index (χ3n) is 6.51. The fourth-order valence-corrected chi connectivity index (χ4v) is 5.20. The molecule has 46 heavy (non-hydrogen) atoms. The average Bonchev–Trinajstić information content (AvgIpc) is 3.06. The van der Waals surface area contributed by atoms with Crippen molar-refractivity contribution in [1.82, 2.24) is 5.32 Å². The minimum atomic E-state index is -1.20. The summed E-state index contributed by atoms with van der Waals surface area (Å²) in [6.07, 6.45) is 1.53. The van der Waals surface area contributed by atoms with E-state index in [-0.39, 0.29) is 22.2 Å². The zero-order chi connectivity index (χ0) is 33.2. The highest BCUT2D eigenvalue weighted by atomic mass is 35.5. The Labute approximate surface area is 274 Å². The number of hydrogen-bond donors (Lipinski definition) is 4. The van der Waals surface area contributed by atoms with Crippen LogP contribution in [0, 0.1) is 0 Å². The largest absolute Gasteiger partial charge is 0.493 e. The summed E-state index contributed by atoms with van der Waals surface area (Å²) in [6.45, 7) is 1.71. The van der Waals surface area contributed by atoms with Crippen molar-refractivity contribution in [2.75, 3.05) is 24.9 Å². The lowest BCUT2D eigenvalue weighted by Crippen LogP contribution is -2.30. The lowest BCUT2D eigenvalue weighted by Gasteiger charge is -2.14. The molecule has 0 heterocycles. The van der Waals surface area contributed by atoms with Gasteiger partial charge in [-0.05, 0) is 85.3 Å². The van der Waals surface area contributed by atoms with Crippen LogP contribution >= 0.6 is 23.4 Å². The molecule has 0 saturated carbocycles. The van der Waals surface area contributed by atoms with Crippen molar-refractivity contribution < 1.29 is 33.8 Å². The summed E-state index contributed by atoms with van der Waals surface area (Å²) in [7, 11) is 3.02. The molecule has 4 rings (SSSR count). The van der Waals surface area contributed by atoms with Crippen molar-refractivity contribution in [3.8, 4) is 11.5 Å². The van der Waals surface area contributed by atoms with Gasteiger partial charge < -0.3 is 30.5 Å². The molecule has 0 aliphatic rings. The van der Waals surface area contributed by atoms with Crippen LogP contribution in [0.25, 0.3) is 6.08 Å². The third-order valence-corrected chi connectivity index (χ3v) is 7.95. The Kier molecular flexibility index (Phi) is 11.4. The van der Waals surface area contributed by atoms with Crippen LogP contribution in [0.15, 0.2) is 102 Å². The lowest BCUT2D eigenvalue weighted by molar-refractivity contribution is -0.115. The second-order valence-electron chi connectivity index (χ2n) is 9.72. The normalized spacial score (nSPS) is 11.6.